The predicted molar refractivity (Wildman–Crippen MR) is 126 cm³/mol. The molecule has 1 heterocycles. The van der Waals surface area contributed by atoms with Gasteiger partial charge in [-0.05, 0) is 29.2 Å². The Morgan fingerprint density at radius 3 is 2.26 bits per heavy atom. The lowest BCUT2D eigenvalue weighted by Crippen LogP contribution is -2.48. The van der Waals surface area contributed by atoms with Crippen LogP contribution < -0.4 is 10.6 Å². The lowest BCUT2D eigenvalue weighted by Gasteiger charge is -2.17. The van der Waals surface area contributed by atoms with E-state index < -0.39 is 30.1 Å². The van der Waals surface area contributed by atoms with Crippen LogP contribution in [0.25, 0.3) is 11.1 Å². The van der Waals surface area contributed by atoms with Gasteiger partial charge >= 0.3 is 12.1 Å². The average Bonchev–Trinajstić information content (AvgIpc) is 3.36. The van der Waals surface area contributed by atoms with Gasteiger partial charge in [0.2, 0.25) is 0 Å². The summed E-state index contributed by atoms with van der Waals surface area (Å²) in [6.07, 6.45) is -0.557. The third-order valence-electron chi connectivity index (χ3n) is 6.03. The summed E-state index contributed by atoms with van der Waals surface area (Å²) in [5.41, 5.74) is 4.88. The summed E-state index contributed by atoms with van der Waals surface area (Å²) >= 11 is 0. The van der Waals surface area contributed by atoms with Gasteiger partial charge in [0.1, 0.15) is 12.3 Å². The number of aromatic nitrogens is 2. The van der Waals surface area contributed by atoms with E-state index in [1.807, 2.05) is 36.4 Å². The first-order valence-electron chi connectivity index (χ1n) is 11.1. The molecule has 0 aliphatic heterocycles. The molecule has 1 aliphatic rings. The molecular weight excluding hydrogens is 452 g/mol. The van der Waals surface area contributed by atoms with E-state index in [4.69, 9.17) is 4.74 Å². The Bertz CT molecular complexity index is 1220. The van der Waals surface area contributed by atoms with Crippen LogP contribution in [0, 0.1) is 0 Å². The van der Waals surface area contributed by atoms with E-state index in [1.54, 1.807) is 0 Å². The number of amides is 2. The van der Waals surface area contributed by atoms with Crippen LogP contribution in [-0.4, -0.2) is 56.7 Å². The molecule has 1 aliphatic carbocycles. The van der Waals surface area contributed by atoms with Crippen molar-refractivity contribution in [3.8, 4) is 11.1 Å². The highest BCUT2D eigenvalue weighted by molar-refractivity contribution is 5.96. The van der Waals surface area contributed by atoms with E-state index in [2.05, 4.69) is 27.9 Å². The van der Waals surface area contributed by atoms with Crippen molar-refractivity contribution in [3.05, 3.63) is 77.1 Å². The number of aryl methyl sites for hydroxylation is 1. The summed E-state index contributed by atoms with van der Waals surface area (Å²) in [6, 6.07) is 14.5. The van der Waals surface area contributed by atoms with Gasteiger partial charge in [-0.1, -0.05) is 48.5 Å². The van der Waals surface area contributed by atoms with Crippen molar-refractivity contribution in [2.24, 2.45) is 7.05 Å². The quantitative estimate of drug-likeness (QED) is 0.388. The third-order valence-corrected chi connectivity index (χ3v) is 6.03. The molecule has 3 aromatic rings. The van der Waals surface area contributed by atoms with Gasteiger partial charge in [-0.25, -0.2) is 9.59 Å². The Labute approximate surface area is 201 Å². The maximum absolute atomic E-state index is 12.7. The number of rotatable bonds is 8. The highest BCUT2D eigenvalue weighted by atomic mass is 16.5. The van der Waals surface area contributed by atoms with Crippen molar-refractivity contribution < 1.29 is 29.3 Å². The lowest BCUT2D eigenvalue weighted by molar-refractivity contribution is -0.141. The first-order chi connectivity index (χ1) is 16.8. The molecular formula is C25H26N4O6. The predicted octanol–water partition coefficient (Wildman–Crippen LogP) is 2.02. The number of aliphatic carboxylic acids is 1. The van der Waals surface area contributed by atoms with E-state index in [9.17, 15) is 24.6 Å². The molecule has 2 amide bonds. The molecule has 4 rings (SSSR count). The number of benzene rings is 2. The van der Waals surface area contributed by atoms with Gasteiger partial charge in [-0.3, -0.25) is 9.48 Å². The van der Waals surface area contributed by atoms with Crippen molar-refractivity contribution in [3.63, 3.8) is 0 Å². The Morgan fingerprint density at radius 2 is 1.69 bits per heavy atom. The lowest BCUT2D eigenvalue weighted by atomic mass is 9.98. The molecule has 0 saturated heterocycles. The highest BCUT2D eigenvalue weighted by Crippen LogP contribution is 2.44. The standard InChI is InChI=1S/C25H26N4O6/c1-14(30)21(24(32)33)28-23(31)22-15(12-27-29(22)2)11-26-25(34)35-13-20-18-9-5-3-7-16(18)17-8-4-6-10-19(17)20/h3-10,12,14,20-21,30H,11,13H2,1-2H3,(H,26,34)(H,28,31)(H,32,33)/t14-,21+/m1/s1. The molecule has 10 nitrogen and oxygen atoms in total. The van der Waals surface area contributed by atoms with Gasteiger partial charge in [0.25, 0.3) is 5.91 Å². The molecule has 0 spiro atoms. The zero-order chi connectivity index (χ0) is 25.1. The minimum absolute atomic E-state index is 0.0559. The Morgan fingerprint density at radius 1 is 1.09 bits per heavy atom. The molecule has 0 radical (unpaired) electrons. The molecule has 0 fully saturated rings. The molecule has 182 valence electrons. The van der Waals surface area contributed by atoms with E-state index in [-0.39, 0.29) is 24.8 Å². The zero-order valence-corrected chi connectivity index (χ0v) is 19.3. The molecule has 0 saturated carbocycles. The first kappa shape index (κ1) is 24.0. The zero-order valence-electron chi connectivity index (χ0n) is 19.3. The second-order valence-corrected chi connectivity index (χ2v) is 8.35. The second kappa shape index (κ2) is 9.98. The molecule has 2 atom stereocenters. The van der Waals surface area contributed by atoms with Crippen LogP contribution in [0.5, 0.6) is 0 Å². The van der Waals surface area contributed by atoms with Crippen LogP contribution in [0.15, 0.2) is 54.7 Å². The van der Waals surface area contributed by atoms with Crippen LogP contribution in [0.2, 0.25) is 0 Å². The number of alkyl carbamates (subject to hydrolysis) is 1. The summed E-state index contributed by atoms with van der Waals surface area (Å²) in [6.45, 7) is 1.36. The SMILES string of the molecule is C[C@@H](O)[C@H](NC(=O)c1c(CNC(=O)OCC2c3ccccc3-c3ccccc32)cnn1C)C(=O)O. The van der Waals surface area contributed by atoms with Crippen LogP contribution >= 0.6 is 0 Å². The van der Waals surface area contributed by atoms with Gasteiger partial charge < -0.3 is 25.6 Å². The number of carbonyl (C=O) groups is 3. The number of nitrogens with zero attached hydrogens (tertiary/aromatic N) is 2. The van der Waals surface area contributed by atoms with E-state index in [1.165, 1.54) is 24.9 Å². The van der Waals surface area contributed by atoms with Crippen molar-refractivity contribution in [2.45, 2.75) is 31.5 Å². The fourth-order valence-corrected chi connectivity index (χ4v) is 4.32. The third kappa shape index (κ3) is 4.87. The molecule has 35 heavy (non-hydrogen) atoms. The van der Waals surface area contributed by atoms with E-state index in [0.717, 1.165) is 22.3 Å². The smallest absolute Gasteiger partial charge is 0.407 e. The molecule has 0 unspecified atom stereocenters. The second-order valence-electron chi connectivity index (χ2n) is 8.35. The number of fused-ring (bicyclic) bond motifs is 3. The van der Waals surface area contributed by atoms with Gasteiger partial charge in [-0.2, -0.15) is 5.10 Å². The first-order valence-corrected chi connectivity index (χ1v) is 11.1. The monoisotopic (exact) mass is 478 g/mol. The highest BCUT2D eigenvalue weighted by Gasteiger charge is 2.30. The minimum Gasteiger partial charge on any atom is -0.480 e. The molecule has 2 aromatic carbocycles. The topological polar surface area (TPSA) is 143 Å². The Balaban J connectivity index is 1.39. The number of hydrogen-bond acceptors (Lipinski definition) is 6. The number of aliphatic hydroxyl groups excluding tert-OH is 1. The fraction of sp³-hybridized carbons (Fsp3) is 0.280. The summed E-state index contributed by atoms with van der Waals surface area (Å²) in [4.78, 5) is 36.4. The number of ether oxygens (including phenoxy) is 1. The van der Waals surface area contributed by atoms with Crippen molar-refractivity contribution >= 4 is 18.0 Å². The molecule has 1 aromatic heterocycles. The number of hydrogen-bond donors (Lipinski definition) is 4. The normalized spacial score (nSPS) is 13.9. The summed E-state index contributed by atoms with van der Waals surface area (Å²) < 4.78 is 6.78. The van der Waals surface area contributed by atoms with Gasteiger partial charge in [-0.15, -0.1) is 0 Å². The fourth-order valence-electron chi connectivity index (χ4n) is 4.32. The van der Waals surface area contributed by atoms with E-state index in [0.29, 0.717) is 5.56 Å². The van der Waals surface area contributed by atoms with Crippen LogP contribution in [0.3, 0.4) is 0 Å². The minimum atomic E-state index is -1.49. The number of aliphatic hydroxyl groups is 1. The summed E-state index contributed by atoms with van der Waals surface area (Å²) in [7, 11) is 1.52. The number of carbonyl (C=O) groups excluding carboxylic acids is 2. The van der Waals surface area contributed by atoms with Crippen molar-refractivity contribution in [1.29, 1.82) is 0 Å². The van der Waals surface area contributed by atoms with Crippen LogP contribution in [0.1, 0.15) is 40.0 Å². The number of carboxylic acids is 1. The molecule has 4 N–H and O–H groups in total. The van der Waals surface area contributed by atoms with Gasteiger partial charge in [0, 0.05) is 18.5 Å². The Kier molecular flexibility index (Phi) is 6.83. The molecule has 0 bridgehead atoms. The summed E-state index contributed by atoms with van der Waals surface area (Å²) in [5.74, 6) is -2.18. The van der Waals surface area contributed by atoms with Crippen LogP contribution in [-0.2, 0) is 23.1 Å². The van der Waals surface area contributed by atoms with Crippen molar-refractivity contribution in [1.82, 2.24) is 20.4 Å². The number of carboxylic acid groups (broad SMARTS) is 1. The van der Waals surface area contributed by atoms with Crippen molar-refractivity contribution in [2.75, 3.05) is 6.61 Å². The Hall–Kier alpha value is -4.18. The number of nitrogens with one attached hydrogen (secondary N) is 2. The van der Waals surface area contributed by atoms with Gasteiger partial charge in [0.15, 0.2) is 6.04 Å². The van der Waals surface area contributed by atoms with Crippen LogP contribution in [0.4, 0.5) is 4.79 Å². The molecule has 10 heteroatoms. The van der Waals surface area contributed by atoms with E-state index >= 15 is 0 Å². The summed E-state index contributed by atoms with van der Waals surface area (Å²) in [5, 5.41) is 27.7. The largest absolute Gasteiger partial charge is 0.480 e. The van der Waals surface area contributed by atoms with Gasteiger partial charge in [0.05, 0.1) is 18.8 Å². The maximum atomic E-state index is 12.7. The average molecular weight is 479 g/mol. The maximum Gasteiger partial charge on any atom is 0.407 e.